The molecule has 1 N–H and O–H groups in total. The molecule has 1 aromatic heterocycles. The topological polar surface area (TPSA) is 112 Å². The Kier molecular flexibility index (Phi) is 8.37. The lowest BCUT2D eigenvalue weighted by atomic mass is 9.89. The highest BCUT2D eigenvalue weighted by Crippen LogP contribution is 2.30. The number of alkyl carbamates (subject to hydrolysis) is 1. The first kappa shape index (κ1) is 26.1. The summed E-state index contributed by atoms with van der Waals surface area (Å²) in [7, 11) is 1.74. The van der Waals surface area contributed by atoms with Crippen LogP contribution in [0.15, 0.2) is 36.5 Å². The van der Waals surface area contributed by atoms with E-state index in [1.54, 1.807) is 44.3 Å². The third-order valence-corrected chi connectivity index (χ3v) is 5.50. The van der Waals surface area contributed by atoms with Crippen LogP contribution in [0, 0.1) is 0 Å². The number of amides is 2. The number of hydrogen-bond acceptors (Lipinski definition) is 7. The molecule has 2 heterocycles. The maximum atomic E-state index is 12.9. The van der Waals surface area contributed by atoms with E-state index in [1.807, 2.05) is 30.3 Å². The molecule has 3 rings (SSSR count). The minimum absolute atomic E-state index is 0.132. The normalized spacial score (nSPS) is 18.0. The van der Waals surface area contributed by atoms with Gasteiger partial charge in [-0.2, -0.15) is 5.10 Å². The molecule has 35 heavy (non-hydrogen) atoms. The number of ether oxygens (including phenoxy) is 3. The van der Waals surface area contributed by atoms with Gasteiger partial charge in [0.25, 0.3) is 0 Å². The predicted molar refractivity (Wildman–Crippen MR) is 128 cm³/mol. The highest BCUT2D eigenvalue weighted by molar-refractivity contribution is 5.90. The molecule has 10 nitrogen and oxygen atoms in total. The Morgan fingerprint density at radius 3 is 2.49 bits per heavy atom. The number of nitrogens with zero attached hydrogens (tertiary/aromatic N) is 3. The Morgan fingerprint density at radius 1 is 1.11 bits per heavy atom. The minimum Gasteiger partial charge on any atom is -0.462 e. The summed E-state index contributed by atoms with van der Waals surface area (Å²) in [5.74, 6) is -0.764. The molecule has 0 aliphatic carbocycles. The SMILES string of the molecule is CCOC(=O)c1cnn(C)c1[C@@H]1C[C@H](NC(=O)OCc2ccccc2)CN(C(=O)OC(C)(C)C)C1. The van der Waals surface area contributed by atoms with Gasteiger partial charge in [0.15, 0.2) is 0 Å². The van der Waals surface area contributed by atoms with Crippen molar-refractivity contribution in [1.82, 2.24) is 20.0 Å². The van der Waals surface area contributed by atoms with Crippen molar-refractivity contribution in [2.75, 3.05) is 19.7 Å². The molecular formula is C25H34N4O6. The lowest BCUT2D eigenvalue weighted by Crippen LogP contribution is -2.53. The third-order valence-electron chi connectivity index (χ3n) is 5.50. The highest BCUT2D eigenvalue weighted by atomic mass is 16.6. The summed E-state index contributed by atoms with van der Waals surface area (Å²) < 4.78 is 17.8. The van der Waals surface area contributed by atoms with Crippen molar-refractivity contribution in [2.24, 2.45) is 7.05 Å². The average Bonchev–Trinajstić information content (AvgIpc) is 3.19. The number of likely N-dealkylation sites (tertiary alicyclic amines) is 1. The monoisotopic (exact) mass is 486 g/mol. The standard InChI is InChI=1S/C25H34N4O6/c1-6-33-22(30)20-13-26-28(5)21(20)18-12-19(15-29(14-18)24(32)35-25(2,3)4)27-23(31)34-16-17-10-8-7-9-11-17/h7-11,13,18-19H,6,12,14-16H2,1-5H3,(H,27,31)/t18-,19+/m1/s1. The van der Waals surface area contributed by atoms with Crippen LogP contribution in [-0.2, 0) is 27.9 Å². The average molecular weight is 487 g/mol. The number of nitrogens with one attached hydrogen (secondary N) is 1. The van der Waals surface area contributed by atoms with E-state index < -0.39 is 29.8 Å². The summed E-state index contributed by atoms with van der Waals surface area (Å²) in [6.45, 7) is 8.04. The molecule has 1 aliphatic rings. The second kappa shape index (κ2) is 11.2. The molecule has 2 atom stereocenters. The zero-order valence-corrected chi connectivity index (χ0v) is 20.9. The van der Waals surface area contributed by atoms with Crippen molar-refractivity contribution >= 4 is 18.2 Å². The maximum absolute atomic E-state index is 12.9. The first-order valence-electron chi connectivity index (χ1n) is 11.7. The summed E-state index contributed by atoms with van der Waals surface area (Å²) in [6.07, 6.45) is 0.868. The zero-order valence-electron chi connectivity index (χ0n) is 20.9. The lowest BCUT2D eigenvalue weighted by molar-refractivity contribution is 0.0159. The molecule has 2 amide bonds. The summed E-state index contributed by atoms with van der Waals surface area (Å²) in [6, 6.07) is 8.95. The van der Waals surface area contributed by atoms with E-state index >= 15 is 0 Å². The van der Waals surface area contributed by atoms with Crippen LogP contribution < -0.4 is 5.32 Å². The van der Waals surface area contributed by atoms with Gasteiger partial charge in [-0.05, 0) is 39.7 Å². The fraction of sp³-hybridized carbons (Fsp3) is 0.520. The van der Waals surface area contributed by atoms with E-state index in [0.717, 1.165) is 5.56 Å². The van der Waals surface area contributed by atoms with Crippen LogP contribution in [0.2, 0.25) is 0 Å². The van der Waals surface area contributed by atoms with Crippen LogP contribution in [0.5, 0.6) is 0 Å². The smallest absolute Gasteiger partial charge is 0.410 e. The molecule has 10 heteroatoms. The molecule has 0 saturated carbocycles. The van der Waals surface area contributed by atoms with Crippen molar-refractivity contribution in [3.63, 3.8) is 0 Å². The van der Waals surface area contributed by atoms with Gasteiger partial charge < -0.3 is 24.4 Å². The van der Waals surface area contributed by atoms with Crippen LogP contribution in [0.3, 0.4) is 0 Å². The van der Waals surface area contributed by atoms with Crippen LogP contribution in [-0.4, -0.2) is 64.2 Å². The quantitative estimate of drug-likeness (QED) is 0.490. The number of piperidine rings is 1. The number of carbonyl (C=O) groups is 3. The van der Waals surface area contributed by atoms with Gasteiger partial charge in [0.05, 0.1) is 24.5 Å². The molecule has 0 unspecified atom stereocenters. The number of rotatable bonds is 6. The van der Waals surface area contributed by atoms with E-state index in [4.69, 9.17) is 14.2 Å². The summed E-state index contributed by atoms with van der Waals surface area (Å²) >= 11 is 0. The highest BCUT2D eigenvalue weighted by Gasteiger charge is 2.37. The van der Waals surface area contributed by atoms with Gasteiger partial charge in [-0.15, -0.1) is 0 Å². The second-order valence-corrected chi connectivity index (χ2v) is 9.51. The van der Waals surface area contributed by atoms with Crippen molar-refractivity contribution < 1.29 is 28.6 Å². The van der Waals surface area contributed by atoms with Gasteiger partial charge in [0.1, 0.15) is 17.8 Å². The largest absolute Gasteiger partial charge is 0.462 e. The van der Waals surface area contributed by atoms with Crippen molar-refractivity contribution in [1.29, 1.82) is 0 Å². The number of carbonyl (C=O) groups excluding carboxylic acids is 3. The van der Waals surface area contributed by atoms with E-state index in [9.17, 15) is 14.4 Å². The zero-order chi connectivity index (χ0) is 25.6. The molecule has 190 valence electrons. The minimum atomic E-state index is -0.676. The van der Waals surface area contributed by atoms with Crippen LogP contribution in [0.4, 0.5) is 9.59 Å². The van der Waals surface area contributed by atoms with E-state index in [2.05, 4.69) is 10.4 Å². The van der Waals surface area contributed by atoms with Gasteiger partial charge in [-0.1, -0.05) is 30.3 Å². The molecule has 1 aromatic carbocycles. The molecule has 2 aromatic rings. The van der Waals surface area contributed by atoms with Gasteiger partial charge in [0, 0.05) is 26.1 Å². The van der Waals surface area contributed by atoms with Crippen LogP contribution >= 0.6 is 0 Å². The molecule has 1 fully saturated rings. The molecule has 0 bridgehead atoms. The van der Waals surface area contributed by atoms with Crippen LogP contribution in [0.25, 0.3) is 0 Å². The Labute approximate surface area is 205 Å². The first-order valence-corrected chi connectivity index (χ1v) is 11.7. The fourth-order valence-corrected chi connectivity index (χ4v) is 4.11. The predicted octanol–water partition coefficient (Wildman–Crippen LogP) is 3.62. The Hall–Kier alpha value is -3.56. The molecule has 0 radical (unpaired) electrons. The van der Waals surface area contributed by atoms with E-state index in [1.165, 1.54) is 6.20 Å². The summed E-state index contributed by atoms with van der Waals surface area (Å²) in [5.41, 5.74) is 1.18. The lowest BCUT2D eigenvalue weighted by Gasteiger charge is -2.38. The van der Waals surface area contributed by atoms with Crippen molar-refractivity contribution in [2.45, 2.75) is 58.3 Å². The first-order chi connectivity index (χ1) is 16.6. The molecule has 1 aliphatic heterocycles. The maximum Gasteiger partial charge on any atom is 0.410 e. The number of esters is 1. The second-order valence-electron chi connectivity index (χ2n) is 9.51. The van der Waals surface area contributed by atoms with Gasteiger partial charge >= 0.3 is 18.2 Å². The van der Waals surface area contributed by atoms with E-state index in [0.29, 0.717) is 24.2 Å². The van der Waals surface area contributed by atoms with Gasteiger partial charge in [0.2, 0.25) is 0 Å². The Bertz CT molecular complexity index is 1030. The molecule has 1 saturated heterocycles. The van der Waals surface area contributed by atoms with E-state index in [-0.39, 0.29) is 25.7 Å². The molecule has 0 spiro atoms. The van der Waals surface area contributed by atoms with Gasteiger partial charge in [-0.3, -0.25) is 4.68 Å². The fourth-order valence-electron chi connectivity index (χ4n) is 4.11. The van der Waals surface area contributed by atoms with Crippen LogP contribution in [0.1, 0.15) is 61.6 Å². The molecular weight excluding hydrogens is 452 g/mol. The van der Waals surface area contributed by atoms with Crippen molar-refractivity contribution in [3.05, 3.63) is 53.3 Å². The number of aryl methyl sites for hydroxylation is 1. The summed E-state index contributed by atoms with van der Waals surface area (Å²) in [5, 5.41) is 7.11. The number of hydrogen-bond donors (Lipinski definition) is 1. The summed E-state index contributed by atoms with van der Waals surface area (Å²) in [4.78, 5) is 39.6. The Balaban J connectivity index is 1.78. The Morgan fingerprint density at radius 2 is 1.83 bits per heavy atom. The number of aromatic nitrogens is 2. The van der Waals surface area contributed by atoms with Gasteiger partial charge in [-0.25, -0.2) is 14.4 Å². The van der Waals surface area contributed by atoms with Crippen molar-refractivity contribution in [3.8, 4) is 0 Å². The third kappa shape index (κ3) is 7.21. The number of benzene rings is 1.